The molecule has 0 spiro atoms. The molecule has 1 N–H and O–H groups in total. The van der Waals surface area contributed by atoms with Crippen LogP contribution in [0.1, 0.15) is 59.8 Å². The van der Waals surface area contributed by atoms with E-state index in [-0.39, 0.29) is 0 Å². The molecule has 0 aromatic carbocycles. The van der Waals surface area contributed by atoms with Crippen LogP contribution in [-0.4, -0.2) is 25.3 Å². The SMILES string of the molecule is CCC1CCCCC1OCC(C)CNC(C)C. The predicted molar refractivity (Wildman–Crippen MR) is 74.3 cm³/mol. The maximum absolute atomic E-state index is 6.14. The third-order valence-corrected chi connectivity index (χ3v) is 3.83. The van der Waals surface area contributed by atoms with Gasteiger partial charge in [0.15, 0.2) is 0 Å². The number of hydrogen-bond donors (Lipinski definition) is 1. The van der Waals surface area contributed by atoms with Crippen LogP contribution in [0.15, 0.2) is 0 Å². The summed E-state index contributed by atoms with van der Waals surface area (Å²) in [5.74, 6) is 1.44. The Labute approximate surface area is 108 Å². The van der Waals surface area contributed by atoms with Crippen LogP contribution in [0.5, 0.6) is 0 Å². The minimum Gasteiger partial charge on any atom is -0.378 e. The van der Waals surface area contributed by atoms with E-state index in [4.69, 9.17) is 4.74 Å². The van der Waals surface area contributed by atoms with Gasteiger partial charge in [-0.25, -0.2) is 0 Å². The fourth-order valence-corrected chi connectivity index (χ4v) is 2.64. The molecule has 0 bridgehead atoms. The van der Waals surface area contributed by atoms with Crippen LogP contribution in [0.3, 0.4) is 0 Å². The van der Waals surface area contributed by atoms with Gasteiger partial charge in [0.05, 0.1) is 12.7 Å². The molecule has 1 rings (SSSR count). The summed E-state index contributed by atoms with van der Waals surface area (Å²) in [7, 11) is 0. The van der Waals surface area contributed by atoms with Gasteiger partial charge in [-0.05, 0) is 24.7 Å². The Morgan fingerprint density at radius 3 is 2.53 bits per heavy atom. The molecule has 2 nitrogen and oxygen atoms in total. The molecule has 0 heterocycles. The topological polar surface area (TPSA) is 21.3 Å². The van der Waals surface area contributed by atoms with Crippen molar-refractivity contribution < 1.29 is 4.74 Å². The van der Waals surface area contributed by atoms with Gasteiger partial charge in [-0.1, -0.05) is 47.0 Å². The number of ether oxygens (including phenoxy) is 1. The first-order chi connectivity index (χ1) is 8.13. The lowest BCUT2D eigenvalue weighted by molar-refractivity contribution is -0.0256. The van der Waals surface area contributed by atoms with Gasteiger partial charge in [-0.3, -0.25) is 0 Å². The lowest BCUT2D eigenvalue weighted by Crippen LogP contribution is -2.33. The lowest BCUT2D eigenvalue weighted by Gasteiger charge is -2.31. The van der Waals surface area contributed by atoms with Crippen molar-refractivity contribution in [2.75, 3.05) is 13.2 Å². The molecule has 3 atom stereocenters. The maximum Gasteiger partial charge on any atom is 0.0603 e. The monoisotopic (exact) mass is 241 g/mol. The number of rotatable bonds is 7. The fourth-order valence-electron chi connectivity index (χ4n) is 2.64. The third-order valence-electron chi connectivity index (χ3n) is 3.83. The Kier molecular flexibility index (Phi) is 7.14. The molecule has 0 amide bonds. The number of nitrogens with one attached hydrogen (secondary N) is 1. The molecule has 1 saturated carbocycles. The van der Waals surface area contributed by atoms with Crippen LogP contribution in [0, 0.1) is 11.8 Å². The average molecular weight is 241 g/mol. The maximum atomic E-state index is 6.14. The van der Waals surface area contributed by atoms with E-state index in [9.17, 15) is 0 Å². The van der Waals surface area contributed by atoms with E-state index in [0.29, 0.717) is 18.1 Å². The average Bonchev–Trinajstić information content (AvgIpc) is 2.34. The molecular weight excluding hydrogens is 210 g/mol. The largest absolute Gasteiger partial charge is 0.378 e. The van der Waals surface area contributed by atoms with Crippen molar-refractivity contribution in [2.24, 2.45) is 11.8 Å². The van der Waals surface area contributed by atoms with Crippen LogP contribution in [-0.2, 0) is 4.74 Å². The van der Waals surface area contributed by atoms with Gasteiger partial charge in [-0.15, -0.1) is 0 Å². The molecule has 2 heteroatoms. The highest BCUT2D eigenvalue weighted by molar-refractivity contribution is 4.75. The van der Waals surface area contributed by atoms with E-state index in [1.54, 1.807) is 0 Å². The molecular formula is C15H31NO. The van der Waals surface area contributed by atoms with E-state index >= 15 is 0 Å². The second-order valence-corrected chi connectivity index (χ2v) is 5.99. The van der Waals surface area contributed by atoms with Crippen LogP contribution in [0.4, 0.5) is 0 Å². The molecule has 0 saturated heterocycles. The fraction of sp³-hybridized carbons (Fsp3) is 1.00. The smallest absolute Gasteiger partial charge is 0.0603 e. The van der Waals surface area contributed by atoms with E-state index in [2.05, 4.69) is 33.0 Å². The highest BCUT2D eigenvalue weighted by Crippen LogP contribution is 2.29. The summed E-state index contributed by atoms with van der Waals surface area (Å²) in [5, 5.41) is 3.48. The molecule has 0 aromatic heterocycles. The molecule has 1 aliphatic carbocycles. The van der Waals surface area contributed by atoms with Crippen LogP contribution in [0.25, 0.3) is 0 Å². The molecule has 1 fully saturated rings. The zero-order valence-electron chi connectivity index (χ0n) is 12.2. The van der Waals surface area contributed by atoms with Crippen molar-refractivity contribution in [1.82, 2.24) is 5.32 Å². The van der Waals surface area contributed by atoms with Gasteiger partial charge < -0.3 is 10.1 Å². The summed E-state index contributed by atoms with van der Waals surface area (Å²) in [5.41, 5.74) is 0. The van der Waals surface area contributed by atoms with E-state index in [1.165, 1.54) is 32.1 Å². The first kappa shape index (κ1) is 15.0. The quantitative estimate of drug-likeness (QED) is 0.735. The van der Waals surface area contributed by atoms with Gasteiger partial charge in [0.25, 0.3) is 0 Å². The second-order valence-electron chi connectivity index (χ2n) is 5.99. The standard InChI is InChI=1S/C15H31NO/c1-5-14-8-6-7-9-15(14)17-11-13(4)10-16-12(2)3/h12-16H,5-11H2,1-4H3. The van der Waals surface area contributed by atoms with Gasteiger partial charge in [-0.2, -0.15) is 0 Å². The Morgan fingerprint density at radius 1 is 1.18 bits per heavy atom. The summed E-state index contributed by atoms with van der Waals surface area (Å²) >= 11 is 0. The Morgan fingerprint density at radius 2 is 1.88 bits per heavy atom. The predicted octanol–water partition coefficient (Wildman–Crippen LogP) is 3.61. The van der Waals surface area contributed by atoms with Crippen LogP contribution in [0.2, 0.25) is 0 Å². The zero-order chi connectivity index (χ0) is 12.7. The Bertz CT molecular complexity index is 193. The second kappa shape index (κ2) is 8.10. The van der Waals surface area contributed by atoms with E-state index in [0.717, 1.165) is 19.1 Å². The van der Waals surface area contributed by atoms with Gasteiger partial charge >= 0.3 is 0 Å². The van der Waals surface area contributed by atoms with Crippen molar-refractivity contribution >= 4 is 0 Å². The summed E-state index contributed by atoms with van der Waals surface area (Å²) in [6.45, 7) is 11.0. The first-order valence-electron chi connectivity index (χ1n) is 7.48. The lowest BCUT2D eigenvalue weighted by atomic mass is 9.85. The van der Waals surface area contributed by atoms with Crippen molar-refractivity contribution in [3.05, 3.63) is 0 Å². The third kappa shape index (κ3) is 5.87. The van der Waals surface area contributed by atoms with Crippen molar-refractivity contribution in [3.63, 3.8) is 0 Å². The highest BCUT2D eigenvalue weighted by Gasteiger charge is 2.24. The van der Waals surface area contributed by atoms with E-state index in [1.807, 2.05) is 0 Å². The molecule has 102 valence electrons. The molecule has 17 heavy (non-hydrogen) atoms. The minimum atomic E-state index is 0.537. The summed E-state index contributed by atoms with van der Waals surface area (Å²) in [6, 6.07) is 0.579. The highest BCUT2D eigenvalue weighted by atomic mass is 16.5. The zero-order valence-corrected chi connectivity index (χ0v) is 12.2. The molecule has 0 radical (unpaired) electrons. The van der Waals surface area contributed by atoms with Gasteiger partial charge in [0.1, 0.15) is 0 Å². The van der Waals surface area contributed by atoms with E-state index < -0.39 is 0 Å². The summed E-state index contributed by atoms with van der Waals surface area (Å²) < 4.78 is 6.14. The van der Waals surface area contributed by atoms with Crippen LogP contribution >= 0.6 is 0 Å². The normalized spacial score (nSPS) is 27.4. The molecule has 3 unspecified atom stereocenters. The summed E-state index contributed by atoms with van der Waals surface area (Å²) in [6.07, 6.45) is 7.24. The summed E-state index contributed by atoms with van der Waals surface area (Å²) in [4.78, 5) is 0. The molecule has 0 aliphatic heterocycles. The van der Waals surface area contributed by atoms with Gasteiger partial charge in [0, 0.05) is 12.6 Å². The van der Waals surface area contributed by atoms with Crippen molar-refractivity contribution in [2.45, 2.75) is 71.9 Å². The first-order valence-corrected chi connectivity index (χ1v) is 7.48. The Hall–Kier alpha value is -0.0800. The van der Waals surface area contributed by atoms with Crippen molar-refractivity contribution in [3.8, 4) is 0 Å². The Balaban J connectivity index is 2.19. The van der Waals surface area contributed by atoms with Gasteiger partial charge in [0.2, 0.25) is 0 Å². The van der Waals surface area contributed by atoms with Crippen LogP contribution < -0.4 is 5.32 Å². The molecule has 1 aliphatic rings. The minimum absolute atomic E-state index is 0.537. The van der Waals surface area contributed by atoms with Crippen molar-refractivity contribution in [1.29, 1.82) is 0 Å². The molecule has 0 aromatic rings. The number of hydrogen-bond acceptors (Lipinski definition) is 2.